The molecular formula is C26H37N3O2. The van der Waals surface area contributed by atoms with Crippen LogP contribution in [0.5, 0.6) is 5.75 Å². The molecule has 2 saturated heterocycles. The summed E-state index contributed by atoms with van der Waals surface area (Å²) in [6.45, 7) is 7.84. The van der Waals surface area contributed by atoms with E-state index in [1.54, 1.807) is 7.11 Å². The van der Waals surface area contributed by atoms with Gasteiger partial charge in [-0.05, 0) is 62.0 Å². The molecule has 31 heavy (non-hydrogen) atoms. The first-order valence-corrected chi connectivity index (χ1v) is 11.8. The second-order valence-electron chi connectivity index (χ2n) is 9.04. The van der Waals surface area contributed by atoms with E-state index in [-0.39, 0.29) is 6.10 Å². The van der Waals surface area contributed by atoms with Gasteiger partial charge in [0.05, 0.1) is 13.2 Å². The molecule has 1 unspecified atom stereocenters. The minimum Gasteiger partial charge on any atom is -0.496 e. The van der Waals surface area contributed by atoms with Crippen molar-refractivity contribution in [3.8, 4) is 5.75 Å². The summed E-state index contributed by atoms with van der Waals surface area (Å²) >= 11 is 0. The number of β-amino-alcohol motifs (C(OH)–C–C–N with tert-alkyl or cyclic N) is 1. The molecule has 2 aromatic carbocycles. The number of anilines is 1. The van der Waals surface area contributed by atoms with E-state index in [9.17, 15) is 5.11 Å². The second-order valence-corrected chi connectivity index (χ2v) is 9.04. The van der Waals surface area contributed by atoms with Crippen LogP contribution in [0.3, 0.4) is 0 Å². The summed E-state index contributed by atoms with van der Waals surface area (Å²) in [5.41, 5.74) is 2.62. The van der Waals surface area contributed by atoms with E-state index in [1.165, 1.54) is 24.1 Å². The van der Waals surface area contributed by atoms with E-state index in [0.717, 1.165) is 64.5 Å². The third kappa shape index (κ3) is 6.22. The summed E-state index contributed by atoms with van der Waals surface area (Å²) in [5.74, 6) is 1.71. The molecule has 0 aliphatic carbocycles. The van der Waals surface area contributed by atoms with Crippen LogP contribution in [-0.4, -0.2) is 80.5 Å². The number of rotatable bonds is 8. The fraction of sp³-hybridized carbons (Fsp3) is 0.538. The smallest absolute Gasteiger partial charge is 0.122 e. The van der Waals surface area contributed by atoms with Crippen molar-refractivity contribution in [2.75, 3.05) is 64.4 Å². The van der Waals surface area contributed by atoms with Crippen molar-refractivity contribution in [1.82, 2.24) is 9.80 Å². The number of nitrogens with zero attached hydrogens (tertiary/aromatic N) is 3. The third-order valence-corrected chi connectivity index (χ3v) is 6.84. The van der Waals surface area contributed by atoms with Crippen LogP contribution >= 0.6 is 0 Å². The van der Waals surface area contributed by atoms with Crippen molar-refractivity contribution in [3.05, 3.63) is 60.2 Å². The molecule has 1 atom stereocenters. The van der Waals surface area contributed by atoms with Gasteiger partial charge in [0.1, 0.15) is 5.75 Å². The number of benzene rings is 2. The quantitative estimate of drug-likeness (QED) is 0.706. The first kappa shape index (κ1) is 22.1. The van der Waals surface area contributed by atoms with Crippen molar-refractivity contribution >= 4 is 5.69 Å². The Balaban J connectivity index is 1.16. The van der Waals surface area contributed by atoms with E-state index in [1.807, 2.05) is 6.07 Å². The minimum atomic E-state index is -0.269. The van der Waals surface area contributed by atoms with Gasteiger partial charge < -0.3 is 19.6 Å². The van der Waals surface area contributed by atoms with Crippen molar-refractivity contribution in [2.45, 2.75) is 25.4 Å². The van der Waals surface area contributed by atoms with Crippen LogP contribution in [0.1, 0.15) is 18.4 Å². The standard InChI is InChI=1S/C26H37N3O2/c1-31-26-10-6-5-7-23(26)19-22-11-13-27(14-12-22)20-25(30)21-28-15-17-29(18-16-28)24-8-3-2-4-9-24/h2-10,22,25,30H,11-21H2,1H3. The molecule has 2 fully saturated rings. The molecule has 2 aliphatic heterocycles. The van der Waals surface area contributed by atoms with Gasteiger partial charge in [0.2, 0.25) is 0 Å². The van der Waals surface area contributed by atoms with E-state index >= 15 is 0 Å². The SMILES string of the molecule is COc1ccccc1CC1CCN(CC(O)CN2CCN(c3ccccc3)CC2)CC1. The predicted molar refractivity (Wildman–Crippen MR) is 127 cm³/mol. The third-order valence-electron chi connectivity index (χ3n) is 6.84. The van der Waals surface area contributed by atoms with Crippen LogP contribution in [0.15, 0.2) is 54.6 Å². The van der Waals surface area contributed by atoms with Gasteiger partial charge in [-0.2, -0.15) is 0 Å². The summed E-state index contributed by atoms with van der Waals surface area (Å²) in [4.78, 5) is 7.30. The van der Waals surface area contributed by atoms with Gasteiger partial charge in [-0.3, -0.25) is 4.90 Å². The molecule has 2 aliphatic rings. The van der Waals surface area contributed by atoms with Gasteiger partial charge in [0.15, 0.2) is 0 Å². The van der Waals surface area contributed by atoms with Gasteiger partial charge in [-0.15, -0.1) is 0 Å². The highest BCUT2D eigenvalue weighted by molar-refractivity contribution is 5.46. The lowest BCUT2D eigenvalue weighted by Gasteiger charge is -2.38. The number of piperidine rings is 1. The number of likely N-dealkylation sites (tertiary alicyclic amines) is 1. The highest BCUT2D eigenvalue weighted by Gasteiger charge is 2.24. The van der Waals surface area contributed by atoms with Crippen LogP contribution in [0, 0.1) is 5.92 Å². The lowest BCUT2D eigenvalue weighted by Crippen LogP contribution is -2.50. The molecule has 0 bridgehead atoms. The van der Waals surface area contributed by atoms with E-state index < -0.39 is 0 Å². The van der Waals surface area contributed by atoms with Crippen LogP contribution in [0.4, 0.5) is 5.69 Å². The Bertz CT molecular complexity index is 784. The van der Waals surface area contributed by atoms with Crippen molar-refractivity contribution in [1.29, 1.82) is 0 Å². The molecule has 4 rings (SSSR count). The molecule has 2 heterocycles. The molecule has 0 aromatic heterocycles. The Morgan fingerprint density at radius 3 is 2.13 bits per heavy atom. The van der Waals surface area contributed by atoms with Crippen LogP contribution in [0.2, 0.25) is 0 Å². The molecular weight excluding hydrogens is 386 g/mol. The van der Waals surface area contributed by atoms with E-state index in [4.69, 9.17) is 4.74 Å². The summed E-state index contributed by atoms with van der Waals surface area (Å²) < 4.78 is 5.51. The largest absolute Gasteiger partial charge is 0.496 e. The maximum atomic E-state index is 10.7. The molecule has 5 nitrogen and oxygen atoms in total. The van der Waals surface area contributed by atoms with Gasteiger partial charge in [0, 0.05) is 45.0 Å². The summed E-state index contributed by atoms with van der Waals surface area (Å²) in [6, 6.07) is 19.0. The lowest BCUT2D eigenvalue weighted by molar-refractivity contribution is 0.0584. The van der Waals surface area contributed by atoms with Crippen LogP contribution in [0.25, 0.3) is 0 Å². The molecule has 0 spiro atoms. The predicted octanol–water partition coefficient (Wildman–Crippen LogP) is 3.13. The van der Waals surface area contributed by atoms with Gasteiger partial charge >= 0.3 is 0 Å². The summed E-state index contributed by atoms with van der Waals surface area (Å²) in [7, 11) is 1.75. The van der Waals surface area contributed by atoms with Gasteiger partial charge in [-0.25, -0.2) is 0 Å². The Hall–Kier alpha value is -2.08. The first-order valence-electron chi connectivity index (χ1n) is 11.8. The van der Waals surface area contributed by atoms with E-state index in [2.05, 4.69) is 63.2 Å². The average molecular weight is 424 g/mol. The lowest BCUT2D eigenvalue weighted by atomic mass is 9.89. The summed E-state index contributed by atoms with van der Waals surface area (Å²) in [5, 5.41) is 10.7. The molecule has 0 radical (unpaired) electrons. The molecule has 2 aromatic rings. The summed E-state index contributed by atoms with van der Waals surface area (Å²) in [6.07, 6.45) is 3.21. The minimum absolute atomic E-state index is 0.269. The number of ether oxygens (including phenoxy) is 1. The number of hydrogen-bond acceptors (Lipinski definition) is 5. The zero-order valence-electron chi connectivity index (χ0n) is 18.8. The van der Waals surface area contributed by atoms with Gasteiger partial charge in [0.25, 0.3) is 0 Å². The zero-order valence-corrected chi connectivity index (χ0v) is 18.8. The molecule has 0 saturated carbocycles. The van der Waals surface area contributed by atoms with Crippen molar-refractivity contribution < 1.29 is 9.84 Å². The number of hydrogen-bond donors (Lipinski definition) is 1. The number of aliphatic hydroxyl groups excluding tert-OH is 1. The Labute approximate surface area is 187 Å². The maximum absolute atomic E-state index is 10.7. The Kier molecular flexibility index (Phi) is 7.84. The highest BCUT2D eigenvalue weighted by atomic mass is 16.5. The molecule has 168 valence electrons. The van der Waals surface area contributed by atoms with Gasteiger partial charge in [-0.1, -0.05) is 36.4 Å². The van der Waals surface area contributed by atoms with Crippen LogP contribution < -0.4 is 9.64 Å². The average Bonchev–Trinajstić information content (AvgIpc) is 2.82. The zero-order chi connectivity index (χ0) is 21.5. The fourth-order valence-electron chi connectivity index (χ4n) is 5.04. The van der Waals surface area contributed by atoms with Crippen LogP contribution in [-0.2, 0) is 6.42 Å². The monoisotopic (exact) mass is 423 g/mol. The topological polar surface area (TPSA) is 39.2 Å². The van der Waals surface area contributed by atoms with Crippen molar-refractivity contribution in [3.63, 3.8) is 0 Å². The number of aliphatic hydroxyl groups is 1. The fourth-order valence-corrected chi connectivity index (χ4v) is 5.04. The number of piperazine rings is 1. The molecule has 1 N–H and O–H groups in total. The highest BCUT2D eigenvalue weighted by Crippen LogP contribution is 2.26. The first-order chi connectivity index (χ1) is 15.2. The maximum Gasteiger partial charge on any atom is 0.122 e. The number of methoxy groups -OCH3 is 1. The second kappa shape index (κ2) is 11.0. The number of para-hydroxylation sites is 2. The normalized spacial score (nSPS) is 20.0. The van der Waals surface area contributed by atoms with Crippen molar-refractivity contribution in [2.24, 2.45) is 5.92 Å². The van der Waals surface area contributed by atoms with E-state index in [0.29, 0.717) is 5.92 Å². The molecule has 0 amide bonds. The Morgan fingerprint density at radius 1 is 0.839 bits per heavy atom. The Morgan fingerprint density at radius 2 is 1.45 bits per heavy atom. The molecule has 5 heteroatoms.